The van der Waals surface area contributed by atoms with E-state index >= 15 is 0 Å². The highest BCUT2D eigenvalue weighted by molar-refractivity contribution is 7.89. The third-order valence-corrected chi connectivity index (χ3v) is 5.62. The number of amides is 1. The fourth-order valence-corrected chi connectivity index (χ4v) is 4.00. The smallest absolute Gasteiger partial charge is 0.241 e. The molecular weight excluding hydrogens is 288 g/mol. The van der Waals surface area contributed by atoms with Crippen molar-refractivity contribution in [2.75, 3.05) is 0 Å². The summed E-state index contributed by atoms with van der Waals surface area (Å²) in [5.74, 6) is -0.791. The summed E-state index contributed by atoms with van der Waals surface area (Å²) in [5.41, 5.74) is 7.61. The van der Waals surface area contributed by atoms with E-state index in [0.717, 1.165) is 24.8 Å². The van der Waals surface area contributed by atoms with E-state index in [1.54, 1.807) is 19.1 Å². The number of primary amides is 1. The van der Waals surface area contributed by atoms with Gasteiger partial charge in [0, 0.05) is 0 Å². The molecule has 3 N–H and O–H groups in total. The molecule has 2 unspecified atom stereocenters. The van der Waals surface area contributed by atoms with Crippen LogP contribution in [0, 0.1) is 5.92 Å². The highest BCUT2D eigenvalue weighted by Crippen LogP contribution is 2.25. The fraction of sp³-hybridized carbons (Fsp3) is 0.533. The van der Waals surface area contributed by atoms with Crippen LogP contribution in [0.1, 0.15) is 37.8 Å². The zero-order chi connectivity index (χ0) is 15.6. The molecule has 0 saturated heterocycles. The monoisotopic (exact) mass is 310 g/mol. The number of sulfonamides is 1. The van der Waals surface area contributed by atoms with Crippen molar-refractivity contribution < 1.29 is 13.2 Å². The summed E-state index contributed by atoms with van der Waals surface area (Å²) >= 11 is 0. The molecule has 2 rings (SSSR count). The van der Waals surface area contributed by atoms with Crippen LogP contribution in [0.15, 0.2) is 23.1 Å². The number of nitrogens with one attached hydrogen (secondary N) is 1. The van der Waals surface area contributed by atoms with Crippen LogP contribution in [-0.2, 0) is 27.7 Å². The highest BCUT2D eigenvalue weighted by Gasteiger charge is 2.28. The maximum atomic E-state index is 12.4. The average Bonchev–Trinajstić information content (AvgIpc) is 2.91. The van der Waals surface area contributed by atoms with Crippen LogP contribution >= 0.6 is 0 Å². The Morgan fingerprint density at radius 3 is 2.62 bits per heavy atom. The second-order valence-corrected chi connectivity index (χ2v) is 7.38. The van der Waals surface area contributed by atoms with Crippen molar-refractivity contribution in [1.82, 2.24) is 4.72 Å². The summed E-state index contributed by atoms with van der Waals surface area (Å²) in [6.07, 6.45) is 3.63. The first kappa shape index (κ1) is 16.0. The minimum absolute atomic E-state index is 0.147. The van der Waals surface area contributed by atoms with Gasteiger partial charge in [-0.05, 0) is 48.4 Å². The van der Waals surface area contributed by atoms with Crippen molar-refractivity contribution in [3.05, 3.63) is 29.3 Å². The lowest BCUT2D eigenvalue weighted by Crippen LogP contribution is -2.48. The summed E-state index contributed by atoms with van der Waals surface area (Å²) in [6, 6.07) is 4.29. The molecule has 1 aromatic carbocycles. The highest BCUT2D eigenvalue weighted by atomic mass is 32.2. The molecule has 0 spiro atoms. The normalized spacial score (nSPS) is 17.2. The number of fused-ring (bicyclic) bond motifs is 1. The maximum absolute atomic E-state index is 12.4. The lowest BCUT2D eigenvalue weighted by atomic mass is 10.00. The standard InChI is InChI=1S/C15H22N2O3S/c1-3-10(2)14(15(16)18)17-21(19,20)13-8-7-11-5-4-6-12(11)9-13/h7-10,14,17H,3-6H2,1-2H3,(H2,16,18). The molecule has 0 saturated carbocycles. The second-order valence-electron chi connectivity index (χ2n) is 5.67. The van der Waals surface area contributed by atoms with Crippen LogP contribution in [0.4, 0.5) is 0 Å². The molecule has 0 aromatic heterocycles. The van der Waals surface area contributed by atoms with Crippen LogP contribution in [-0.4, -0.2) is 20.4 Å². The average molecular weight is 310 g/mol. The molecule has 0 aliphatic heterocycles. The van der Waals surface area contributed by atoms with Crippen molar-refractivity contribution in [1.29, 1.82) is 0 Å². The van der Waals surface area contributed by atoms with Crippen molar-refractivity contribution >= 4 is 15.9 Å². The number of hydrogen-bond acceptors (Lipinski definition) is 3. The van der Waals surface area contributed by atoms with E-state index in [1.165, 1.54) is 5.56 Å². The first-order chi connectivity index (χ1) is 9.85. The van der Waals surface area contributed by atoms with Gasteiger partial charge in [0.15, 0.2) is 0 Å². The number of nitrogens with two attached hydrogens (primary N) is 1. The first-order valence-electron chi connectivity index (χ1n) is 7.28. The molecule has 5 nitrogen and oxygen atoms in total. The Morgan fingerprint density at radius 1 is 1.33 bits per heavy atom. The van der Waals surface area contributed by atoms with Gasteiger partial charge in [0.05, 0.1) is 4.90 Å². The molecule has 1 aliphatic carbocycles. The third-order valence-electron chi connectivity index (χ3n) is 4.18. The molecule has 116 valence electrons. The molecule has 0 heterocycles. The number of carbonyl (C=O) groups excluding carboxylic acids is 1. The van der Waals surface area contributed by atoms with Gasteiger partial charge in [0.1, 0.15) is 6.04 Å². The molecule has 0 radical (unpaired) electrons. The Labute approximate surface area is 126 Å². The zero-order valence-electron chi connectivity index (χ0n) is 12.4. The lowest BCUT2D eigenvalue weighted by Gasteiger charge is -2.21. The Morgan fingerprint density at radius 2 is 2.00 bits per heavy atom. The van der Waals surface area contributed by atoms with Crippen molar-refractivity contribution in [3.8, 4) is 0 Å². The van der Waals surface area contributed by atoms with Gasteiger partial charge in [-0.1, -0.05) is 26.3 Å². The molecular formula is C15H22N2O3S. The molecule has 1 amide bonds. The Bertz CT molecular complexity index is 640. The summed E-state index contributed by atoms with van der Waals surface area (Å²) < 4.78 is 27.3. The largest absolute Gasteiger partial charge is 0.368 e. The van der Waals surface area contributed by atoms with Crippen molar-refractivity contribution in [3.63, 3.8) is 0 Å². The van der Waals surface area contributed by atoms with Crippen LogP contribution in [0.2, 0.25) is 0 Å². The zero-order valence-corrected chi connectivity index (χ0v) is 13.2. The number of rotatable bonds is 6. The number of aryl methyl sites for hydroxylation is 2. The topological polar surface area (TPSA) is 89.3 Å². The number of carbonyl (C=O) groups is 1. The quantitative estimate of drug-likeness (QED) is 0.831. The molecule has 1 aliphatic rings. The second kappa shape index (κ2) is 6.15. The number of benzene rings is 1. The summed E-state index contributed by atoms with van der Waals surface area (Å²) in [7, 11) is -3.73. The summed E-state index contributed by atoms with van der Waals surface area (Å²) in [5, 5.41) is 0. The van der Waals surface area contributed by atoms with E-state index in [4.69, 9.17) is 5.73 Å². The van der Waals surface area contributed by atoms with E-state index in [9.17, 15) is 13.2 Å². The lowest BCUT2D eigenvalue weighted by molar-refractivity contribution is -0.120. The van der Waals surface area contributed by atoms with Crippen LogP contribution in [0.5, 0.6) is 0 Å². The SMILES string of the molecule is CCC(C)C(NS(=O)(=O)c1ccc2c(c1)CCC2)C(N)=O. The predicted octanol–water partition coefficient (Wildman–Crippen LogP) is 1.35. The summed E-state index contributed by atoms with van der Waals surface area (Å²) in [6.45, 7) is 3.70. The first-order valence-corrected chi connectivity index (χ1v) is 8.77. The van der Waals surface area contributed by atoms with Gasteiger partial charge in [0.2, 0.25) is 15.9 Å². The van der Waals surface area contributed by atoms with Crippen molar-refractivity contribution in [2.45, 2.75) is 50.5 Å². The van der Waals surface area contributed by atoms with Gasteiger partial charge in [-0.2, -0.15) is 4.72 Å². The minimum Gasteiger partial charge on any atom is -0.368 e. The predicted molar refractivity (Wildman–Crippen MR) is 81.2 cm³/mol. The minimum atomic E-state index is -3.73. The number of hydrogen-bond donors (Lipinski definition) is 2. The van der Waals surface area contributed by atoms with E-state index in [2.05, 4.69) is 4.72 Å². The van der Waals surface area contributed by atoms with Crippen LogP contribution in [0.3, 0.4) is 0 Å². The Balaban J connectivity index is 2.27. The Kier molecular flexibility index (Phi) is 4.68. The van der Waals surface area contributed by atoms with Gasteiger partial charge < -0.3 is 5.73 Å². The molecule has 6 heteroatoms. The molecule has 0 bridgehead atoms. The van der Waals surface area contributed by atoms with E-state index < -0.39 is 22.0 Å². The van der Waals surface area contributed by atoms with E-state index in [-0.39, 0.29) is 10.8 Å². The molecule has 21 heavy (non-hydrogen) atoms. The van der Waals surface area contributed by atoms with E-state index in [1.807, 2.05) is 13.0 Å². The molecule has 2 atom stereocenters. The summed E-state index contributed by atoms with van der Waals surface area (Å²) in [4.78, 5) is 11.7. The van der Waals surface area contributed by atoms with Crippen LogP contribution < -0.4 is 10.5 Å². The van der Waals surface area contributed by atoms with Gasteiger partial charge in [-0.3, -0.25) is 4.79 Å². The molecule has 0 fully saturated rings. The van der Waals surface area contributed by atoms with Gasteiger partial charge in [-0.15, -0.1) is 0 Å². The van der Waals surface area contributed by atoms with Gasteiger partial charge in [-0.25, -0.2) is 8.42 Å². The van der Waals surface area contributed by atoms with Crippen LogP contribution in [0.25, 0.3) is 0 Å². The Hall–Kier alpha value is -1.40. The fourth-order valence-electron chi connectivity index (χ4n) is 2.64. The van der Waals surface area contributed by atoms with Crippen molar-refractivity contribution in [2.24, 2.45) is 11.7 Å². The van der Waals surface area contributed by atoms with Gasteiger partial charge >= 0.3 is 0 Å². The van der Waals surface area contributed by atoms with Gasteiger partial charge in [0.25, 0.3) is 0 Å². The maximum Gasteiger partial charge on any atom is 0.241 e. The molecule has 1 aromatic rings. The van der Waals surface area contributed by atoms with E-state index in [0.29, 0.717) is 6.42 Å². The third kappa shape index (κ3) is 3.44.